The molecule has 1 fully saturated rings. The Bertz CT molecular complexity index is 2470. The molecule has 3 aromatic rings. The van der Waals surface area contributed by atoms with Crippen molar-refractivity contribution >= 4 is 47.3 Å². The van der Waals surface area contributed by atoms with Gasteiger partial charge < -0.3 is 73.0 Å². The largest absolute Gasteiger partial charge is 0.489 e. The van der Waals surface area contributed by atoms with Crippen LogP contribution in [0, 0.1) is 11.3 Å². The minimum atomic E-state index is -4.75. The average molecular weight is 1230 g/mol. The third-order valence-corrected chi connectivity index (χ3v) is 12.7. The van der Waals surface area contributed by atoms with Crippen molar-refractivity contribution in [2.45, 2.75) is 6.18 Å². The van der Waals surface area contributed by atoms with Crippen LogP contribution in [0.1, 0.15) is 21.6 Å². The molecule has 29 heteroatoms. The maximum absolute atomic E-state index is 13.6. The van der Waals surface area contributed by atoms with Crippen LogP contribution in [0.2, 0.25) is 5.02 Å². The molecule has 474 valence electrons. The normalized spacial score (nSPS) is 14.0. The molecule has 0 atom stereocenters. The van der Waals surface area contributed by atoms with Crippen LogP contribution >= 0.6 is 11.6 Å². The number of carbonyl (C=O) groups excluding carboxylic acids is 3. The smallest absolute Gasteiger partial charge is 0.433 e. The molecule has 4 rings (SSSR count). The van der Waals surface area contributed by atoms with Gasteiger partial charge in [0.05, 0.1) is 149 Å². The summed E-state index contributed by atoms with van der Waals surface area (Å²) in [6.45, 7) is 9.22. The van der Waals surface area contributed by atoms with E-state index in [2.05, 4.69) is 10.3 Å². The number of aromatic nitrogens is 1. The lowest BCUT2D eigenvalue weighted by atomic mass is 9.99. The van der Waals surface area contributed by atoms with Gasteiger partial charge in [-0.05, 0) is 36.4 Å². The molecule has 0 aliphatic carbocycles. The molecule has 0 bridgehead atoms. The fraction of sp³-hybridized carbons (Fsp3) is 0.589. The molecule has 0 radical (unpaired) electrons. The number of halogens is 4. The lowest BCUT2D eigenvalue weighted by molar-refractivity contribution is -0.141. The summed E-state index contributed by atoms with van der Waals surface area (Å²) in [5, 5.41) is 38.3. The number of alkyl halides is 3. The van der Waals surface area contributed by atoms with Crippen LogP contribution < -0.4 is 15.0 Å². The number of ether oxygens (including phenoxy) is 9. The van der Waals surface area contributed by atoms with E-state index >= 15 is 0 Å². The monoisotopic (exact) mass is 1230 g/mol. The highest BCUT2D eigenvalue weighted by atomic mass is 35.5. The van der Waals surface area contributed by atoms with Crippen molar-refractivity contribution in [2.24, 2.45) is 0 Å². The van der Waals surface area contributed by atoms with E-state index < -0.39 is 29.7 Å². The number of aliphatic hydroxyl groups is 1. The number of aldehydes is 1. The third kappa shape index (κ3) is 30.8. The van der Waals surface area contributed by atoms with Gasteiger partial charge in [-0.1, -0.05) is 23.7 Å². The maximum atomic E-state index is 13.6. The number of carboxylic acid groups (broad SMARTS) is 2. The second kappa shape index (κ2) is 43.6. The Morgan fingerprint density at radius 1 is 0.647 bits per heavy atom. The average Bonchev–Trinajstić information content (AvgIpc) is 3.67. The summed E-state index contributed by atoms with van der Waals surface area (Å²) < 4.78 is 90.0. The molecule has 1 aromatic heterocycles. The molecular formula is C56H80ClF3N8O17. The zero-order chi connectivity index (χ0) is 62.1. The van der Waals surface area contributed by atoms with Crippen LogP contribution in [-0.2, 0) is 63.2 Å². The number of nitrogens with one attached hydrogen (secondary N) is 1. The van der Waals surface area contributed by atoms with E-state index in [1.165, 1.54) is 23.1 Å². The Labute approximate surface area is 498 Å². The van der Waals surface area contributed by atoms with E-state index in [4.69, 9.17) is 59.3 Å². The van der Waals surface area contributed by atoms with Gasteiger partial charge in [0.25, 0.3) is 5.91 Å². The van der Waals surface area contributed by atoms with E-state index in [9.17, 15) is 52.6 Å². The Kier molecular flexibility index (Phi) is 37.6. The molecule has 25 nitrogen and oxygen atoms in total. The Balaban J connectivity index is 0.00000936. The van der Waals surface area contributed by atoms with Gasteiger partial charge in [-0.2, -0.15) is 18.4 Å². The number of amides is 2. The first-order chi connectivity index (χ1) is 41.1. The number of hydrogen-bond donors (Lipinski definition) is 4. The highest BCUT2D eigenvalue weighted by molar-refractivity contribution is 6.33. The number of rotatable bonds is 39. The number of nitrogens with zero attached hydrogens (tertiary/aromatic N) is 7. The molecule has 0 saturated carbocycles. The van der Waals surface area contributed by atoms with Crippen LogP contribution in [0.3, 0.4) is 0 Å². The Morgan fingerprint density at radius 2 is 1.08 bits per heavy atom. The molecule has 2 aromatic carbocycles. The Hall–Kier alpha value is -6.01. The molecule has 2 heterocycles. The van der Waals surface area contributed by atoms with Gasteiger partial charge in [0.1, 0.15) is 24.3 Å². The first kappa shape index (κ1) is 73.2. The van der Waals surface area contributed by atoms with Crippen molar-refractivity contribution in [2.75, 3.05) is 216 Å². The zero-order valence-corrected chi connectivity index (χ0v) is 48.9. The Morgan fingerprint density at radius 3 is 1.53 bits per heavy atom. The van der Waals surface area contributed by atoms with Crippen molar-refractivity contribution < 1.29 is 95.1 Å². The second-order valence-electron chi connectivity index (χ2n) is 18.4. The van der Waals surface area contributed by atoms with Crippen molar-refractivity contribution in [1.82, 2.24) is 29.9 Å². The van der Waals surface area contributed by atoms with Crippen molar-refractivity contribution in [3.63, 3.8) is 0 Å². The van der Waals surface area contributed by atoms with Crippen LogP contribution in [0.25, 0.3) is 11.1 Å². The summed E-state index contributed by atoms with van der Waals surface area (Å²) in [5.41, 5.74) is -0.685. The number of carbonyl (C=O) groups is 5. The minimum Gasteiger partial charge on any atom is -0.489 e. The summed E-state index contributed by atoms with van der Waals surface area (Å²) in [4.78, 5) is 72.8. The fourth-order valence-corrected chi connectivity index (χ4v) is 8.26. The zero-order valence-electron chi connectivity index (χ0n) is 48.2. The summed E-state index contributed by atoms with van der Waals surface area (Å²) in [5.74, 6) is -2.26. The topological polar surface area (TPSA) is 294 Å². The van der Waals surface area contributed by atoms with Crippen molar-refractivity contribution in [3.8, 4) is 22.9 Å². The summed E-state index contributed by atoms with van der Waals surface area (Å²) >= 11 is 6.37. The third-order valence-electron chi connectivity index (χ3n) is 12.4. The van der Waals surface area contributed by atoms with Crippen LogP contribution in [0.15, 0.2) is 54.7 Å². The van der Waals surface area contributed by atoms with Crippen molar-refractivity contribution in [3.05, 3.63) is 76.6 Å². The second-order valence-corrected chi connectivity index (χ2v) is 18.8. The number of aliphatic carboxylic acids is 2. The van der Waals surface area contributed by atoms with E-state index in [0.717, 1.165) is 19.6 Å². The lowest BCUT2D eigenvalue weighted by Gasteiger charge is -2.32. The highest BCUT2D eigenvalue weighted by Crippen LogP contribution is 2.36. The number of para-hydroxylation sites is 2. The van der Waals surface area contributed by atoms with Gasteiger partial charge in [0.2, 0.25) is 5.91 Å². The summed E-state index contributed by atoms with van der Waals surface area (Å²) in [6, 6.07) is 13.6. The SMILES string of the molecule is CN(C(=O)c1ccc(Cl)c(-c2cnc(C(F)(F)F)cc2C#N)c1)c1ccccc1OCCOCCOCCOCCOCCOCCOCCOCCOCCNC(=O)CN1CCN(CC=O)CCN(CC(=O)O)CCN(CC(=O)O)CC1.CO. The van der Waals surface area contributed by atoms with Crippen molar-refractivity contribution in [1.29, 1.82) is 5.26 Å². The molecular weight excluding hydrogens is 1150 g/mol. The standard InChI is InChI=1S/C55H76ClF3N8O16.CH4O/c1-63(54(74)43-6-7-47(56)45(36-43)46-39-62-50(55(57,58)59)37-44(46)38-60)48-4-2-3-5-49(48)83-35-34-82-33-32-81-31-30-80-29-28-79-27-26-78-25-24-77-23-22-76-21-20-75-19-8-61-51(69)40-65-11-9-64(17-18-68)10-12-66(41-52(70)71)15-16-67(14-13-65)42-53(72)73;1-2/h2-7,18,36-37,39H,8-17,19-35,40-42H2,1H3,(H,61,69)(H,70,71)(H,72,73);2H,1H3. The first-order valence-electron chi connectivity index (χ1n) is 27.5. The number of carboxylic acids is 2. The van der Waals surface area contributed by atoms with Gasteiger partial charge in [-0.3, -0.25) is 43.8 Å². The van der Waals surface area contributed by atoms with E-state index in [1.807, 2.05) is 9.80 Å². The van der Waals surface area contributed by atoms with E-state index in [1.54, 1.807) is 47.2 Å². The fourth-order valence-electron chi connectivity index (χ4n) is 8.04. The van der Waals surface area contributed by atoms with Crippen LogP contribution in [0.5, 0.6) is 5.75 Å². The summed E-state index contributed by atoms with van der Waals surface area (Å²) in [6.07, 6.45) is -3.04. The number of nitriles is 1. The van der Waals surface area contributed by atoms with E-state index in [-0.39, 0.29) is 85.7 Å². The highest BCUT2D eigenvalue weighted by Gasteiger charge is 2.33. The van der Waals surface area contributed by atoms with Gasteiger partial charge in [-0.15, -0.1) is 0 Å². The molecule has 85 heavy (non-hydrogen) atoms. The van der Waals surface area contributed by atoms with E-state index in [0.29, 0.717) is 162 Å². The lowest BCUT2D eigenvalue weighted by Crippen LogP contribution is -2.49. The maximum Gasteiger partial charge on any atom is 0.433 e. The predicted octanol–water partition coefficient (Wildman–Crippen LogP) is 2.40. The number of pyridine rings is 1. The van der Waals surface area contributed by atoms with Gasteiger partial charge >= 0.3 is 18.1 Å². The molecule has 1 saturated heterocycles. The quantitative estimate of drug-likeness (QED) is 0.0471. The molecule has 2 amide bonds. The van der Waals surface area contributed by atoms with Gasteiger partial charge in [-0.25, -0.2) is 0 Å². The van der Waals surface area contributed by atoms with Crippen LogP contribution in [-0.4, -0.2) is 281 Å². The number of hydrogen-bond acceptors (Lipinski definition) is 21. The van der Waals surface area contributed by atoms with Gasteiger partial charge in [0, 0.05) is 101 Å². The molecule has 0 spiro atoms. The summed E-state index contributed by atoms with van der Waals surface area (Å²) in [7, 11) is 2.55. The van der Waals surface area contributed by atoms with Crippen LogP contribution in [0.4, 0.5) is 18.9 Å². The molecule has 0 unspecified atom stereocenters. The minimum absolute atomic E-state index is 0.0493. The number of aliphatic hydroxyl groups excluding tert-OH is 1. The number of anilines is 1. The molecule has 4 N–H and O–H groups in total. The number of benzene rings is 2. The van der Waals surface area contributed by atoms with Gasteiger partial charge in [0.15, 0.2) is 0 Å². The first-order valence-corrected chi connectivity index (χ1v) is 27.8. The molecule has 1 aliphatic heterocycles. The predicted molar refractivity (Wildman–Crippen MR) is 304 cm³/mol. The molecule has 1 aliphatic rings.